The highest BCUT2D eigenvalue weighted by Gasteiger charge is 1.89. The van der Waals surface area contributed by atoms with Gasteiger partial charge in [-0.2, -0.15) is 0 Å². The van der Waals surface area contributed by atoms with Crippen LogP contribution in [-0.2, 0) is 6.42 Å². The molecule has 74 valence electrons. The number of nitrogens with one attached hydrogen (secondary N) is 1. The zero-order valence-electron chi connectivity index (χ0n) is 8.57. The van der Waals surface area contributed by atoms with Crippen LogP contribution < -0.4 is 0 Å². The number of hydrogen-bond donors (Lipinski definition) is 1. The molecule has 2 heterocycles. The van der Waals surface area contributed by atoms with Crippen molar-refractivity contribution < 1.29 is 0 Å². The maximum absolute atomic E-state index is 4.08. The molecule has 3 heteroatoms. The summed E-state index contributed by atoms with van der Waals surface area (Å²) in [7, 11) is 0. The molecule has 0 amide bonds. The summed E-state index contributed by atoms with van der Waals surface area (Å²) in [5, 5.41) is 0. The molecule has 0 atom stereocenters. The van der Waals surface area contributed by atoms with Gasteiger partial charge in [0.25, 0.3) is 0 Å². The van der Waals surface area contributed by atoms with E-state index in [0.29, 0.717) is 0 Å². The highest BCUT2D eigenvalue weighted by Crippen LogP contribution is 1.93. The quantitative estimate of drug-likeness (QED) is 0.748. The van der Waals surface area contributed by atoms with Crippen molar-refractivity contribution in [1.82, 2.24) is 15.0 Å². The Labute approximate surface area is 84.2 Å². The van der Waals surface area contributed by atoms with E-state index in [1.165, 1.54) is 0 Å². The van der Waals surface area contributed by atoms with Gasteiger partial charge in [-0.15, -0.1) is 0 Å². The minimum atomic E-state index is 0.994. The zero-order chi connectivity index (χ0) is 10.2. The monoisotopic (exact) mass is 189 g/mol. The van der Waals surface area contributed by atoms with Gasteiger partial charge in [0, 0.05) is 30.7 Å². The molecule has 0 aliphatic heterocycles. The van der Waals surface area contributed by atoms with Crippen LogP contribution in [0.1, 0.15) is 18.4 Å². The molecular weight excluding hydrogens is 174 g/mol. The molecule has 0 radical (unpaired) electrons. The molecular formula is C11H15N3. The van der Waals surface area contributed by atoms with Crippen LogP contribution in [0, 0.1) is 6.92 Å². The van der Waals surface area contributed by atoms with Gasteiger partial charge in [-0.25, -0.2) is 4.98 Å². The van der Waals surface area contributed by atoms with E-state index in [1.54, 1.807) is 12.4 Å². The van der Waals surface area contributed by atoms with E-state index in [9.17, 15) is 0 Å². The van der Waals surface area contributed by atoms with Crippen molar-refractivity contribution in [3.63, 3.8) is 0 Å². The summed E-state index contributed by atoms with van der Waals surface area (Å²) in [6, 6.07) is 5.72. The highest BCUT2D eigenvalue weighted by molar-refractivity contribution is 4.97. The Morgan fingerprint density at radius 1 is 1.21 bits per heavy atom. The van der Waals surface area contributed by atoms with E-state index in [4.69, 9.17) is 0 Å². The van der Waals surface area contributed by atoms with Crippen molar-refractivity contribution in [3.8, 4) is 0 Å². The summed E-state index contributed by atoms with van der Waals surface area (Å²) in [4.78, 5) is 11.0. The van der Waals surface area contributed by atoms with Gasteiger partial charge in [0.15, 0.2) is 0 Å². The zero-order valence-corrected chi connectivity index (χ0v) is 8.57. The average Bonchev–Trinajstić information content (AvgIpc) is 2.68. The number of aryl methyl sites for hydroxylation is 2. The third-order valence-corrected chi connectivity index (χ3v) is 1.66. The molecule has 0 spiro atoms. The third-order valence-electron chi connectivity index (χ3n) is 1.66. The number of nitrogens with zero attached hydrogens (tertiary/aromatic N) is 2. The van der Waals surface area contributed by atoms with E-state index in [0.717, 1.165) is 17.9 Å². The Morgan fingerprint density at radius 3 is 2.14 bits per heavy atom. The highest BCUT2D eigenvalue weighted by atomic mass is 14.9. The predicted octanol–water partition coefficient (Wildman–Crippen LogP) is 2.36. The molecule has 0 aromatic carbocycles. The Balaban J connectivity index is 0.000000146. The number of aromatic nitrogens is 3. The van der Waals surface area contributed by atoms with Gasteiger partial charge in [0.2, 0.25) is 0 Å². The lowest BCUT2D eigenvalue weighted by molar-refractivity contribution is 0.982. The largest absolute Gasteiger partial charge is 0.346 e. The fourth-order valence-electron chi connectivity index (χ4n) is 0.959. The van der Waals surface area contributed by atoms with E-state index in [2.05, 4.69) is 21.9 Å². The number of pyridine rings is 1. The first kappa shape index (κ1) is 10.4. The molecule has 0 saturated carbocycles. The summed E-state index contributed by atoms with van der Waals surface area (Å²) in [6.07, 6.45) is 6.34. The summed E-state index contributed by atoms with van der Waals surface area (Å²) < 4.78 is 0. The van der Waals surface area contributed by atoms with Gasteiger partial charge >= 0.3 is 0 Å². The molecule has 14 heavy (non-hydrogen) atoms. The summed E-state index contributed by atoms with van der Waals surface area (Å²) >= 11 is 0. The molecule has 3 nitrogen and oxygen atoms in total. The third kappa shape index (κ3) is 3.85. The molecule has 0 bridgehead atoms. The average molecular weight is 189 g/mol. The minimum Gasteiger partial charge on any atom is -0.346 e. The minimum absolute atomic E-state index is 0.994. The fourth-order valence-corrected chi connectivity index (χ4v) is 0.959. The number of aromatic amines is 1. The van der Waals surface area contributed by atoms with Crippen LogP contribution in [0.4, 0.5) is 0 Å². The summed E-state index contributed by atoms with van der Waals surface area (Å²) in [5.41, 5.74) is 1.14. The lowest BCUT2D eigenvalue weighted by Crippen LogP contribution is -1.80. The summed E-state index contributed by atoms with van der Waals surface area (Å²) in [6.45, 7) is 4.09. The molecule has 0 aliphatic rings. The van der Waals surface area contributed by atoms with Gasteiger partial charge in [0.1, 0.15) is 5.82 Å². The number of rotatable bonds is 1. The van der Waals surface area contributed by atoms with Crippen molar-refractivity contribution >= 4 is 0 Å². The first-order chi connectivity index (χ1) is 6.83. The van der Waals surface area contributed by atoms with Crippen molar-refractivity contribution in [3.05, 3.63) is 48.3 Å². The molecule has 1 N–H and O–H groups in total. The van der Waals surface area contributed by atoms with Gasteiger partial charge in [-0.3, -0.25) is 4.98 Å². The van der Waals surface area contributed by atoms with Gasteiger partial charge in [-0.1, -0.05) is 13.0 Å². The van der Waals surface area contributed by atoms with Crippen LogP contribution in [0.3, 0.4) is 0 Å². The molecule has 2 aromatic heterocycles. The van der Waals surface area contributed by atoms with Crippen LogP contribution in [-0.4, -0.2) is 15.0 Å². The van der Waals surface area contributed by atoms with Crippen LogP contribution in [0.25, 0.3) is 0 Å². The second-order valence-electron chi connectivity index (χ2n) is 2.89. The number of hydrogen-bond acceptors (Lipinski definition) is 2. The van der Waals surface area contributed by atoms with Gasteiger partial charge < -0.3 is 4.98 Å². The second kappa shape index (κ2) is 5.91. The maximum atomic E-state index is 4.08. The molecule has 2 aromatic rings. The number of H-pyrrole nitrogens is 1. The van der Waals surface area contributed by atoms with E-state index < -0.39 is 0 Å². The lowest BCUT2D eigenvalue weighted by Gasteiger charge is -1.82. The Morgan fingerprint density at radius 2 is 1.93 bits per heavy atom. The van der Waals surface area contributed by atoms with E-state index >= 15 is 0 Å². The molecule has 0 saturated heterocycles. The first-order valence-corrected chi connectivity index (χ1v) is 4.68. The van der Waals surface area contributed by atoms with Crippen LogP contribution in [0.15, 0.2) is 36.8 Å². The Kier molecular flexibility index (Phi) is 4.41. The van der Waals surface area contributed by atoms with E-state index in [-0.39, 0.29) is 0 Å². The van der Waals surface area contributed by atoms with Crippen LogP contribution in [0.5, 0.6) is 0 Å². The first-order valence-electron chi connectivity index (χ1n) is 4.68. The molecule has 0 fully saturated rings. The smallest absolute Gasteiger partial charge is 0.105 e. The van der Waals surface area contributed by atoms with Crippen molar-refractivity contribution in [2.75, 3.05) is 0 Å². The Hall–Kier alpha value is -1.64. The van der Waals surface area contributed by atoms with Crippen LogP contribution >= 0.6 is 0 Å². The van der Waals surface area contributed by atoms with E-state index in [1.807, 2.05) is 31.3 Å². The van der Waals surface area contributed by atoms with Crippen molar-refractivity contribution in [2.45, 2.75) is 20.3 Å². The predicted molar refractivity (Wildman–Crippen MR) is 56.9 cm³/mol. The number of imidazole rings is 1. The lowest BCUT2D eigenvalue weighted by atomic mass is 10.5. The molecule has 0 unspecified atom stereocenters. The van der Waals surface area contributed by atoms with Crippen LogP contribution in [0.2, 0.25) is 0 Å². The SMILES string of the molecule is CCc1ncc(C)[nH]1.c1ccncc1. The maximum Gasteiger partial charge on any atom is 0.105 e. The van der Waals surface area contributed by atoms with Gasteiger partial charge in [-0.05, 0) is 19.1 Å². The standard InChI is InChI=1S/C6H10N2.C5H5N/c1-3-6-7-4-5(2)8-6;1-2-4-6-5-3-1/h4H,3H2,1-2H3,(H,7,8);1-5H. The fraction of sp³-hybridized carbons (Fsp3) is 0.273. The topological polar surface area (TPSA) is 41.6 Å². The van der Waals surface area contributed by atoms with Crippen molar-refractivity contribution in [1.29, 1.82) is 0 Å². The molecule has 0 aliphatic carbocycles. The molecule has 2 rings (SSSR count). The summed E-state index contributed by atoms with van der Waals surface area (Å²) in [5.74, 6) is 1.07. The Bertz CT molecular complexity index is 314. The normalized spacial score (nSPS) is 9.00. The van der Waals surface area contributed by atoms with Crippen molar-refractivity contribution in [2.24, 2.45) is 0 Å². The van der Waals surface area contributed by atoms with Gasteiger partial charge in [0.05, 0.1) is 0 Å². The second-order valence-corrected chi connectivity index (χ2v) is 2.89.